The Morgan fingerprint density at radius 1 is 1.08 bits per heavy atom. The molecule has 2 aromatic carbocycles. The molecule has 2 rings (SSSR count). The minimum absolute atomic E-state index is 0.106. The Morgan fingerprint density at radius 3 is 2.38 bits per heavy atom. The summed E-state index contributed by atoms with van der Waals surface area (Å²) >= 11 is 0. The topological polar surface area (TPSA) is 70.7 Å². The van der Waals surface area contributed by atoms with Crippen molar-refractivity contribution in [1.82, 2.24) is 4.90 Å². The van der Waals surface area contributed by atoms with Crippen LogP contribution in [0.4, 0.5) is 11.4 Å². The van der Waals surface area contributed by atoms with Crippen molar-refractivity contribution >= 4 is 23.2 Å². The number of aryl methyl sites for hydroxylation is 1. The Hall–Kier alpha value is -2.86. The number of amides is 2. The summed E-state index contributed by atoms with van der Waals surface area (Å²) in [4.78, 5) is 26.3. The second kappa shape index (κ2) is 9.01. The van der Waals surface area contributed by atoms with Gasteiger partial charge in [-0.2, -0.15) is 0 Å². The molecule has 0 aromatic heterocycles. The molecule has 0 heterocycles. The van der Waals surface area contributed by atoms with E-state index in [9.17, 15) is 9.59 Å². The van der Waals surface area contributed by atoms with Gasteiger partial charge in [0.05, 0.1) is 25.4 Å². The van der Waals surface area contributed by atoms with Crippen molar-refractivity contribution in [2.75, 3.05) is 31.3 Å². The van der Waals surface area contributed by atoms with E-state index < -0.39 is 6.04 Å². The predicted octanol–water partition coefficient (Wildman–Crippen LogP) is 2.90. The third-order valence-electron chi connectivity index (χ3n) is 4.13. The van der Waals surface area contributed by atoms with Crippen molar-refractivity contribution < 1.29 is 14.3 Å². The summed E-state index contributed by atoms with van der Waals surface area (Å²) in [5, 5.41) is 5.66. The number of para-hydroxylation sites is 2. The number of nitrogens with one attached hydrogen (secondary N) is 2. The second-order valence-corrected chi connectivity index (χ2v) is 6.19. The highest BCUT2D eigenvalue weighted by atomic mass is 16.5. The average molecular weight is 355 g/mol. The van der Waals surface area contributed by atoms with Crippen molar-refractivity contribution in [2.45, 2.75) is 19.9 Å². The van der Waals surface area contributed by atoms with Crippen molar-refractivity contribution in [1.29, 1.82) is 0 Å². The summed E-state index contributed by atoms with van der Waals surface area (Å²) in [6.45, 7) is 3.85. The first-order chi connectivity index (χ1) is 12.4. The van der Waals surface area contributed by atoms with Crippen LogP contribution in [0.15, 0.2) is 48.5 Å². The molecular formula is C20H25N3O3. The van der Waals surface area contributed by atoms with Crippen LogP contribution in [0.25, 0.3) is 0 Å². The van der Waals surface area contributed by atoms with Gasteiger partial charge in [0.25, 0.3) is 0 Å². The van der Waals surface area contributed by atoms with Crippen LogP contribution >= 0.6 is 0 Å². The minimum atomic E-state index is -0.483. The quantitative estimate of drug-likeness (QED) is 0.801. The van der Waals surface area contributed by atoms with E-state index in [4.69, 9.17) is 4.74 Å². The maximum Gasteiger partial charge on any atom is 0.241 e. The number of ether oxygens (including phenoxy) is 1. The summed E-state index contributed by atoms with van der Waals surface area (Å²) in [7, 11) is 3.29. The smallest absolute Gasteiger partial charge is 0.241 e. The van der Waals surface area contributed by atoms with E-state index in [1.807, 2.05) is 43.3 Å². The fraction of sp³-hybridized carbons (Fsp3) is 0.300. The highest BCUT2D eigenvalue weighted by molar-refractivity contribution is 5.97. The van der Waals surface area contributed by atoms with Crippen LogP contribution in [0.3, 0.4) is 0 Å². The van der Waals surface area contributed by atoms with Gasteiger partial charge < -0.3 is 15.4 Å². The molecule has 0 saturated heterocycles. The van der Waals surface area contributed by atoms with E-state index in [1.165, 1.54) is 0 Å². The number of hydrogen-bond donors (Lipinski definition) is 2. The highest BCUT2D eigenvalue weighted by Crippen LogP contribution is 2.23. The van der Waals surface area contributed by atoms with Gasteiger partial charge in [0.1, 0.15) is 5.75 Å². The Labute approximate surface area is 154 Å². The summed E-state index contributed by atoms with van der Waals surface area (Å²) in [6.07, 6.45) is 0. The van der Waals surface area contributed by atoms with E-state index >= 15 is 0 Å². The number of hydrogen-bond acceptors (Lipinski definition) is 4. The summed E-state index contributed by atoms with van der Waals surface area (Å²) in [6, 6.07) is 14.3. The number of anilines is 2. The second-order valence-electron chi connectivity index (χ2n) is 6.19. The van der Waals surface area contributed by atoms with Crippen LogP contribution < -0.4 is 15.4 Å². The SMILES string of the molecule is COc1ccccc1NC(=O)C(C)N(C)CC(=O)Nc1ccc(C)cc1. The Balaban J connectivity index is 1.91. The third-order valence-corrected chi connectivity index (χ3v) is 4.13. The van der Waals surface area contributed by atoms with Crippen LogP contribution in [0.1, 0.15) is 12.5 Å². The molecular weight excluding hydrogens is 330 g/mol. The van der Waals surface area contributed by atoms with Crippen molar-refractivity contribution in [2.24, 2.45) is 0 Å². The zero-order chi connectivity index (χ0) is 19.1. The molecule has 1 unspecified atom stereocenters. The number of carbonyl (C=O) groups excluding carboxylic acids is 2. The van der Waals surface area contributed by atoms with Crippen LogP contribution in [0.5, 0.6) is 5.75 Å². The lowest BCUT2D eigenvalue weighted by Gasteiger charge is -2.23. The zero-order valence-corrected chi connectivity index (χ0v) is 15.6. The normalized spacial score (nSPS) is 11.7. The molecule has 138 valence electrons. The van der Waals surface area contributed by atoms with Gasteiger partial charge in [-0.3, -0.25) is 14.5 Å². The van der Waals surface area contributed by atoms with Gasteiger partial charge in [0, 0.05) is 5.69 Å². The van der Waals surface area contributed by atoms with Crippen molar-refractivity contribution in [3.8, 4) is 5.75 Å². The first-order valence-electron chi connectivity index (χ1n) is 8.41. The molecule has 2 amide bonds. The zero-order valence-electron chi connectivity index (χ0n) is 15.6. The maximum absolute atomic E-state index is 12.5. The Morgan fingerprint density at radius 2 is 1.73 bits per heavy atom. The van der Waals surface area contributed by atoms with Gasteiger partial charge in [-0.1, -0.05) is 29.8 Å². The monoisotopic (exact) mass is 355 g/mol. The molecule has 2 aromatic rings. The Bertz CT molecular complexity index is 759. The number of nitrogens with zero attached hydrogens (tertiary/aromatic N) is 1. The number of likely N-dealkylation sites (N-methyl/N-ethyl adjacent to an activating group) is 1. The van der Waals surface area contributed by atoms with E-state index in [1.54, 1.807) is 38.1 Å². The summed E-state index contributed by atoms with van der Waals surface area (Å²) in [5.74, 6) is 0.209. The molecule has 0 aliphatic heterocycles. The summed E-state index contributed by atoms with van der Waals surface area (Å²) < 4.78 is 5.23. The molecule has 6 heteroatoms. The van der Waals surface area contributed by atoms with E-state index in [0.717, 1.165) is 11.3 Å². The largest absolute Gasteiger partial charge is 0.495 e. The molecule has 2 N–H and O–H groups in total. The molecule has 0 aliphatic rings. The minimum Gasteiger partial charge on any atom is -0.495 e. The molecule has 1 atom stereocenters. The van der Waals surface area contributed by atoms with Crippen LogP contribution in [-0.2, 0) is 9.59 Å². The summed E-state index contributed by atoms with van der Waals surface area (Å²) in [5.41, 5.74) is 2.46. The molecule has 0 fully saturated rings. The van der Waals surface area contributed by atoms with E-state index in [2.05, 4.69) is 10.6 Å². The molecule has 0 saturated carbocycles. The van der Waals surface area contributed by atoms with Gasteiger partial charge in [0.2, 0.25) is 11.8 Å². The van der Waals surface area contributed by atoms with Crippen LogP contribution in [-0.4, -0.2) is 43.5 Å². The van der Waals surface area contributed by atoms with Crippen LogP contribution in [0.2, 0.25) is 0 Å². The van der Waals surface area contributed by atoms with E-state index in [-0.39, 0.29) is 18.4 Å². The number of rotatable bonds is 7. The molecule has 0 aliphatic carbocycles. The maximum atomic E-state index is 12.5. The third kappa shape index (κ3) is 5.32. The van der Waals surface area contributed by atoms with E-state index in [0.29, 0.717) is 11.4 Å². The molecule has 6 nitrogen and oxygen atoms in total. The molecule has 0 spiro atoms. The number of benzene rings is 2. The lowest BCUT2D eigenvalue weighted by atomic mass is 10.2. The van der Waals surface area contributed by atoms with Crippen molar-refractivity contribution in [3.05, 3.63) is 54.1 Å². The standard InChI is InChI=1S/C20H25N3O3/c1-14-9-11-16(12-10-14)21-19(24)13-23(3)15(2)20(25)22-17-7-5-6-8-18(17)26-4/h5-12,15H,13H2,1-4H3,(H,21,24)(H,22,25). The molecule has 0 bridgehead atoms. The number of carbonyl (C=O) groups is 2. The van der Waals surface area contributed by atoms with Gasteiger partial charge in [-0.25, -0.2) is 0 Å². The van der Waals surface area contributed by atoms with Gasteiger partial charge in [-0.05, 0) is 45.2 Å². The first kappa shape index (κ1) is 19.5. The molecule has 26 heavy (non-hydrogen) atoms. The fourth-order valence-electron chi connectivity index (χ4n) is 2.39. The van der Waals surface area contributed by atoms with Gasteiger partial charge in [-0.15, -0.1) is 0 Å². The highest BCUT2D eigenvalue weighted by Gasteiger charge is 2.21. The average Bonchev–Trinajstić information content (AvgIpc) is 2.63. The van der Waals surface area contributed by atoms with Crippen molar-refractivity contribution in [3.63, 3.8) is 0 Å². The molecule has 0 radical (unpaired) electrons. The lowest BCUT2D eigenvalue weighted by molar-refractivity contribution is -0.122. The Kier molecular flexibility index (Phi) is 6.74. The first-order valence-corrected chi connectivity index (χ1v) is 8.41. The van der Waals surface area contributed by atoms with Gasteiger partial charge in [0.15, 0.2) is 0 Å². The fourth-order valence-corrected chi connectivity index (χ4v) is 2.39. The van der Waals surface area contributed by atoms with Crippen LogP contribution in [0, 0.1) is 6.92 Å². The number of methoxy groups -OCH3 is 1. The van der Waals surface area contributed by atoms with Gasteiger partial charge >= 0.3 is 0 Å². The lowest BCUT2D eigenvalue weighted by Crippen LogP contribution is -2.43. The predicted molar refractivity (Wildman–Crippen MR) is 104 cm³/mol.